The van der Waals surface area contributed by atoms with Crippen LogP contribution in [-0.2, 0) is 6.54 Å². The third kappa shape index (κ3) is 2.06. The highest BCUT2D eigenvalue weighted by molar-refractivity contribution is 5.93. The summed E-state index contributed by atoms with van der Waals surface area (Å²) in [4.78, 5) is 10.8. The molecule has 16 heavy (non-hydrogen) atoms. The molecule has 0 fully saturated rings. The van der Waals surface area contributed by atoms with Crippen molar-refractivity contribution < 1.29 is 14.3 Å². The molecule has 1 aromatic carbocycles. The lowest BCUT2D eigenvalue weighted by Crippen LogP contribution is -2.10. The average molecular weight is 219 g/mol. The van der Waals surface area contributed by atoms with Crippen molar-refractivity contribution in [2.45, 2.75) is 13.5 Å². The van der Waals surface area contributed by atoms with Crippen LogP contribution in [-0.4, -0.2) is 17.6 Å². The molecule has 0 saturated heterocycles. The number of carboxylic acid groups (broad SMARTS) is 1. The fraction of sp³-hybridized carbons (Fsp3) is 0.250. The van der Waals surface area contributed by atoms with Crippen molar-refractivity contribution in [3.8, 4) is 0 Å². The summed E-state index contributed by atoms with van der Waals surface area (Å²) in [6, 6.07) is 6.72. The minimum atomic E-state index is -0.920. The zero-order chi connectivity index (χ0) is 11.5. The Morgan fingerprint density at radius 2 is 2.25 bits per heavy atom. The number of fused-ring (bicyclic) bond motifs is 1. The molecule has 84 valence electrons. The van der Waals surface area contributed by atoms with E-state index in [2.05, 4.69) is 5.32 Å². The lowest BCUT2D eigenvalue weighted by molar-refractivity contribution is 0.0697. The monoisotopic (exact) mass is 219 g/mol. The number of rotatable bonds is 4. The predicted molar refractivity (Wildman–Crippen MR) is 60.6 cm³/mol. The topological polar surface area (TPSA) is 62.5 Å². The maximum absolute atomic E-state index is 10.8. The average Bonchev–Trinajstić information content (AvgIpc) is 2.67. The molecule has 0 bridgehead atoms. The Morgan fingerprint density at radius 3 is 2.94 bits per heavy atom. The van der Waals surface area contributed by atoms with Crippen molar-refractivity contribution in [3.05, 3.63) is 35.6 Å². The van der Waals surface area contributed by atoms with Gasteiger partial charge in [-0.25, -0.2) is 4.79 Å². The van der Waals surface area contributed by atoms with Gasteiger partial charge in [-0.3, -0.25) is 0 Å². The highest BCUT2D eigenvalue weighted by Crippen LogP contribution is 2.20. The zero-order valence-electron chi connectivity index (χ0n) is 8.99. The van der Waals surface area contributed by atoms with E-state index in [1.165, 1.54) is 0 Å². The zero-order valence-corrected chi connectivity index (χ0v) is 8.99. The first kappa shape index (κ1) is 10.7. The number of hydrogen-bond acceptors (Lipinski definition) is 3. The standard InChI is InChI=1S/C12H13NO3/c1-2-13-7-10-6-9-5-8(12(14)15)3-4-11(9)16-10/h3-6,13H,2,7H2,1H3,(H,14,15). The van der Waals surface area contributed by atoms with E-state index in [-0.39, 0.29) is 5.56 Å². The summed E-state index contributed by atoms with van der Waals surface area (Å²) in [5.41, 5.74) is 1.00. The first-order valence-electron chi connectivity index (χ1n) is 5.17. The molecule has 0 unspecified atom stereocenters. The van der Waals surface area contributed by atoms with Crippen LogP contribution in [0.1, 0.15) is 23.0 Å². The molecule has 4 nitrogen and oxygen atoms in total. The summed E-state index contributed by atoms with van der Waals surface area (Å²) in [6.45, 7) is 3.55. The van der Waals surface area contributed by atoms with E-state index in [1.54, 1.807) is 18.2 Å². The third-order valence-electron chi connectivity index (χ3n) is 2.36. The van der Waals surface area contributed by atoms with Crippen molar-refractivity contribution in [1.29, 1.82) is 0 Å². The van der Waals surface area contributed by atoms with E-state index < -0.39 is 5.97 Å². The lowest BCUT2D eigenvalue weighted by atomic mass is 10.1. The first-order valence-corrected chi connectivity index (χ1v) is 5.17. The van der Waals surface area contributed by atoms with E-state index in [0.717, 1.165) is 23.3 Å². The van der Waals surface area contributed by atoms with Gasteiger partial charge in [0.1, 0.15) is 11.3 Å². The molecule has 0 saturated carbocycles. The van der Waals surface area contributed by atoms with Crippen molar-refractivity contribution in [2.75, 3.05) is 6.54 Å². The van der Waals surface area contributed by atoms with E-state index in [4.69, 9.17) is 9.52 Å². The van der Waals surface area contributed by atoms with Crippen LogP contribution in [0.4, 0.5) is 0 Å². The van der Waals surface area contributed by atoms with Gasteiger partial charge < -0.3 is 14.8 Å². The lowest BCUT2D eigenvalue weighted by Gasteiger charge is -1.94. The highest BCUT2D eigenvalue weighted by atomic mass is 16.4. The van der Waals surface area contributed by atoms with Gasteiger partial charge in [-0.2, -0.15) is 0 Å². The summed E-state index contributed by atoms with van der Waals surface area (Å²) in [5, 5.41) is 12.8. The molecule has 0 amide bonds. The summed E-state index contributed by atoms with van der Waals surface area (Å²) in [6.07, 6.45) is 0. The minimum absolute atomic E-state index is 0.281. The molecule has 0 radical (unpaired) electrons. The van der Waals surface area contributed by atoms with Crippen molar-refractivity contribution in [3.63, 3.8) is 0 Å². The number of carbonyl (C=O) groups is 1. The molecule has 0 aliphatic carbocycles. The molecule has 1 heterocycles. The molecule has 0 aliphatic heterocycles. The Bertz CT molecular complexity index is 516. The van der Waals surface area contributed by atoms with Gasteiger partial charge in [0, 0.05) is 5.39 Å². The maximum atomic E-state index is 10.8. The number of furan rings is 1. The number of aromatic carboxylic acids is 1. The molecule has 2 aromatic rings. The molecule has 1 aromatic heterocycles. The molecule has 0 atom stereocenters. The van der Waals surface area contributed by atoms with Gasteiger partial charge >= 0.3 is 5.97 Å². The van der Waals surface area contributed by atoms with Gasteiger partial charge in [0.25, 0.3) is 0 Å². The normalized spacial score (nSPS) is 10.8. The van der Waals surface area contributed by atoms with Crippen LogP contribution in [0.25, 0.3) is 11.0 Å². The summed E-state index contributed by atoms with van der Waals surface area (Å²) in [5.74, 6) is -0.101. The fourth-order valence-corrected chi connectivity index (χ4v) is 1.57. The molecule has 0 spiro atoms. The van der Waals surface area contributed by atoms with E-state index in [0.29, 0.717) is 6.54 Å². The predicted octanol–water partition coefficient (Wildman–Crippen LogP) is 2.24. The SMILES string of the molecule is CCNCc1cc2cc(C(=O)O)ccc2o1. The Labute approximate surface area is 92.9 Å². The number of hydrogen-bond donors (Lipinski definition) is 2. The second kappa shape index (κ2) is 4.37. The van der Waals surface area contributed by atoms with Crippen LogP contribution in [0.15, 0.2) is 28.7 Å². The second-order valence-corrected chi connectivity index (χ2v) is 3.55. The van der Waals surface area contributed by atoms with Crippen LogP contribution in [0.3, 0.4) is 0 Å². The van der Waals surface area contributed by atoms with Gasteiger partial charge in [-0.15, -0.1) is 0 Å². The van der Waals surface area contributed by atoms with Crippen molar-refractivity contribution in [2.24, 2.45) is 0 Å². The molecule has 4 heteroatoms. The number of benzene rings is 1. The number of nitrogens with one attached hydrogen (secondary N) is 1. The summed E-state index contributed by atoms with van der Waals surface area (Å²) in [7, 11) is 0. The molecule has 2 N–H and O–H groups in total. The van der Waals surface area contributed by atoms with E-state index >= 15 is 0 Å². The maximum Gasteiger partial charge on any atom is 0.335 e. The quantitative estimate of drug-likeness (QED) is 0.827. The third-order valence-corrected chi connectivity index (χ3v) is 2.36. The first-order chi connectivity index (χ1) is 7.70. The molecule has 2 rings (SSSR count). The molecular weight excluding hydrogens is 206 g/mol. The summed E-state index contributed by atoms with van der Waals surface area (Å²) < 4.78 is 5.55. The minimum Gasteiger partial charge on any atom is -0.478 e. The largest absolute Gasteiger partial charge is 0.478 e. The van der Waals surface area contributed by atoms with Gasteiger partial charge in [-0.05, 0) is 30.8 Å². The van der Waals surface area contributed by atoms with Crippen LogP contribution < -0.4 is 5.32 Å². The highest BCUT2D eigenvalue weighted by Gasteiger charge is 2.07. The smallest absolute Gasteiger partial charge is 0.335 e. The van der Waals surface area contributed by atoms with Crippen LogP contribution >= 0.6 is 0 Å². The van der Waals surface area contributed by atoms with Crippen LogP contribution in [0.2, 0.25) is 0 Å². The Balaban J connectivity index is 2.34. The van der Waals surface area contributed by atoms with Crippen molar-refractivity contribution in [1.82, 2.24) is 5.32 Å². The Morgan fingerprint density at radius 1 is 1.44 bits per heavy atom. The van der Waals surface area contributed by atoms with Gasteiger partial charge in [0.2, 0.25) is 0 Å². The Kier molecular flexibility index (Phi) is 2.92. The van der Waals surface area contributed by atoms with E-state index in [9.17, 15) is 4.79 Å². The van der Waals surface area contributed by atoms with Crippen molar-refractivity contribution >= 4 is 16.9 Å². The fourth-order valence-electron chi connectivity index (χ4n) is 1.57. The van der Waals surface area contributed by atoms with Gasteiger partial charge in [0.05, 0.1) is 12.1 Å². The van der Waals surface area contributed by atoms with Gasteiger partial charge in [-0.1, -0.05) is 6.92 Å². The molecular formula is C12H13NO3. The van der Waals surface area contributed by atoms with Gasteiger partial charge in [0.15, 0.2) is 0 Å². The molecule has 0 aliphatic rings. The number of carboxylic acids is 1. The van der Waals surface area contributed by atoms with Crippen LogP contribution in [0.5, 0.6) is 0 Å². The summed E-state index contributed by atoms with van der Waals surface area (Å²) >= 11 is 0. The van der Waals surface area contributed by atoms with Crippen LogP contribution in [0, 0.1) is 0 Å². The second-order valence-electron chi connectivity index (χ2n) is 3.55. The Hall–Kier alpha value is -1.81. The van der Waals surface area contributed by atoms with E-state index in [1.807, 2.05) is 13.0 Å².